The molecular weight excluding hydrogens is 346 g/mol. The summed E-state index contributed by atoms with van der Waals surface area (Å²) in [7, 11) is 1.68. The quantitative estimate of drug-likeness (QED) is 0.431. The third kappa shape index (κ3) is 4.09. The van der Waals surface area contributed by atoms with Crippen LogP contribution >= 0.6 is 0 Å². The first kappa shape index (κ1) is 17.9. The van der Waals surface area contributed by atoms with Crippen LogP contribution in [0.5, 0.6) is 11.5 Å². The van der Waals surface area contributed by atoms with Gasteiger partial charge < -0.3 is 14.8 Å². The molecule has 0 unspecified atom stereocenters. The van der Waals surface area contributed by atoms with Crippen LogP contribution in [0.3, 0.4) is 0 Å². The van der Waals surface area contributed by atoms with Gasteiger partial charge in [-0.15, -0.1) is 0 Å². The molecule has 0 heterocycles. The summed E-state index contributed by atoms with van der Waals surface area (Å²) in [6.45, 7) is 1.23. The zero-order valence-corrected chi connectivity index (χ0v) is 15.9. The van der Waals surface area contributed by atoms with E-state index >= 15 is 0 Å². The first-order valence-corrected chi connectivity index (χ1v) is 9.39. The molecule has 0 saturated carbocycles. The molecule has 3 heteroatoms. The zero-order chi connectivity index (χ0) is 19.2. The molecule has 0 aliphatic heterocycles. The highest BCUT2D eigenvalue weighted by Crippen LogP contribution is 2.30. The molecule has 0 aromatic heterocycles. The van der Waals surface area contributed by atoms with Crippen LogP contribution in [0.2, 0.25) is 0 Å². The second-order valence-corrected chi connectivity index (χ2v) is 6.63. The number of rotatable bonds is 7. The summed E-state index contributed by atoms with van der Waals surface area (Å²) >= 11 is 0. The summed E-state index contributed by atoms with van der Waals surface area (Å²) in [4.78, 5) is 0. The van der Waals surface area contributed by atoms with Crippen molar-refractivity contribution in [2.24, 2.45) is 0 Å². The van der Waals surface area contributed by atoms with Crippen molar-refractivity contribution in [2.45, 2.75) is 13.2 Å². The van der Waals surface area contributed by atoms with Crippen molar-refractivity contribution in [3.63, 3.8) is 0 Å². The lowest BCUT2D eigenvalue weighted by Gasteiger charge is -2.14. The number of hydrogen-bond donors (Lipinski definition) is 1. The molecule has 0 fully saturated rings. The van der Waals surface area contributed by atoms with E-state index in [0.29, 0.717) is 6.61 Å². The Labute approximate surface area is 165 Å². The number of methoxy groups -OCH3 is 1. The van der Waals surface area contributed by atoms with Crippen molar-refractivity contribution in [2.75, 3.05) is 12.4 Å². The maximum atomic E-state index is 6.09. The molecule has 0 radical (unpaired) electrons. The third-order valence-corrected chi connectivity index (χ3v) is 4.76. The molecular formula is C25H23NO2. The minimum Gasteiger partial charge on any atom is -0.493 e. The summed E-state index contributed by atoms with van der Waals surface area (Å²) in [5.41, 5.74) is 3.39. The van der Waals surface area contributed by atoms with Gasteiger partial charge in [-0.2, -0.15) is 0 Å². The lowest BCUT2D eigenvalue weighted by atomic mass is 10.1. The van der Waals surface area contributed by atoms with E-state index in [1.54, 1.807) is 7.11 Å². The topological polar surface area (TPSA) is 30.5 Å². The predicted molar refractivity (Wildman–Crippen MR) is 115 cm³/mol. The number of para-hydroxylation sites is 1. The molecule has 4 aromatic rings. The van der Waals surface area contributed by atoms with Crippen LogP contribution < -0.4 is 14.8 Å². The van der Waals surface area contributed by atoms with Crippen LogP contribution in [0.25, 0.3) is 10.8 Å². The Hall–Kier alpha value is -3.46. The van der Waals surface area contributed by atoms with Gasteiger partial charge in [0.15, 0.2) is 11.5 Å². The Morgan fingerprint density at radius 2 is 1.54 bits per heavy atom. The Morgan fingerprint density at radius 1 is 0.750 bits per heavy atom. The number of benzene rings is 4. The third-order valence-electron chi connectivity index (χ3n) is 4.76. The van der Waals surface area contributed by atoms with Crippen LogP contribution in [0.1, 0.15) is 11.1 Å². The minimum absolute atomic E-state index is 0.499. The largest absolute Gasteiger partial charge is 0.493 e. The number of anilines is 1. The normalized spacial score (nSPS) is 10.6. The number of fused-ring (bicyclic) bond motifs is 1. The smallest absolute Gasteiger partial charge is 0.161 e. The fourth-order valence-corrected chi connectivity index (χ4v) is 3.28. The summed E-state index contributed by atoms with van der Waals surface area (Å²) in [5.74, 6) is 1.49. The molecule has 0 amide bonds. The summed E-state index contributed by atoms with van der Waals surface area (Å²) < 4.78 is 11.7. The van der Waals surface area contributed by atoms with Gasteiger partial charge >= 0.3 is 0 Å². The molecule has 3 nitrogen and oxygen atoms in total. The van der Waals surface area contributed by atoms with Gasteiger partial charge in [0.25, 0.3) is 0 Å². The molecule has 28 heavy (non-hydrogen) atoms. The van der Waals surface area contributed by atoms with Crippen molar-refractivity contribution < 1.29 is 9.47 Å². The SMILES string of the molecule is COc1cc(CNc2ccccc2)ccc1OCc1cccc2ccccc12. The van der Waals surface area contributed by atoms with Gasteiger partial charge in [-0.05, 0) is 46.2 Å². The van der Waals surface area contributed by atoms with E-state index in [1.165, 1.54) is 10.8 Å². The monoisotopic (exact) mass is 369 g/mol. The van der Waals surface area contributed by atoms with Crippen molar-refractivity contribution in [1.29, 1.82) is 0 Å². The molecule has 0 saturated heterocycles. The van der Waals surface area contributed by atoms with E-state index in [0.717, 1.165) is 34.9 Å². The molecule has 1 N–H and O–H groups in total. The first-order chi connectivity index (χ1) is 13.8. The predicted octanol–water partition coefficient (Wildman–Crippen LogP) is 6.04. The van der Waals surface area contributed by atoms with Crippen molar-refractivity contribution in [3.05, 3.63) is 102 Å². The van der Waals surface area contributed by atoms with Crippen LogP contribution in [0.4, 0.5) is 5.69 Å². The Kier molecular flexibility index (Phi) is 5.43. The maximum Gasteiger partial charge on any atom is 0.161 e. The first-order valence-electron chi connectivity index (χ1n) is 9.39. The van der Waals surface area contributed by atoms with Crippen LogP contribution in [0, 0.1) is 0 Å². The Bertz CT molecular complexity index is 1060. The van der Waals surface area contributed by atoms with E-state index in [2.05, 4.69) is 66.0 Å². The van der Waals surface area contributed by atoms with E-state index in [4.69, 9.17) is 9.47 Å². The van der Waals surface area contributed by atoms with Crippen LogP contribution in [-0.4, -0.2) is 7.11 Å². The van der Waals surface area contributed by atoms with Gasteiger partial charge in [0, 0.05) is 12.2 Å². The lowest BCUT2D eigenvalue weighted by Crippen LogP contribution is -2.02. The maximum absolute atomic E-state index is 6.09. The highest BCUT2D eigenvalue weighted by molar-refractivity contribution is 5.85. The van der Waals surface area contributed by atoms with Gasteiger partial charge in [-0.1, -0.05) is 66.7 Å². The van der Waals surface area contributed by atoms with Gasteiger partial charge in [0.2, 0.25) is 0 Å². The van der Waals surface area contributed by atoms with Gasteiger partial charge in [-0.3, -0.25) is 0 Å². The van der Waals surface area contributed by atoms with Gasteiger partial charge in [0.05, 0.1) is 7.11 Å². The van der Waals surface area contributed by atoms with Crippen molar-refractivity contribution >= 4 is 16.5 Å². The number of nitrogens with one attached hydrogen (secondary N) is 1. The Balaban J connectivity index is 1.47. The molecule has 0 atom stereocenters. The zero-order valence-electron chi connectivity index (χ0n) is 15.9. The lowest BCUT2D eigenvalue weighted by molar-refractivity contribution is 0.285. The van der Waals surface area contributed by atoms with Crippen molar-refractivity contribution in [1.82, 2.24) is 0 Å². The van der Waals surface area contributed by atoms with Crippen LogP contribution in [-0.2, 0) is 13.2 Å². The number of ether oxygens (including phenoxy) is 2. The second kappa shape index (κ2) is 8.49. The van der Waals surface area contributed by atoms with Gasteiger partial charge in [-0.25, -0.2) is 0 Å². The van der Waals surface area contributed by atoms with E-state index in [-0.39, 0.29) is 0 Å². The fraction of sp³-hybridized carbons (Fsp3) is 0.120. The summed E-state index contributed by atoms with van der Waals surface area (Å²) in [6.07, 6.45) is 0. The average Bonchev–Trinajstić information content (AvgIpc) is 2.77. The van der Waals surface area contributed by atoms with Crippen molar-refractivity contribution in [3.8, 4) is 11.5 Å². The molecule has 0 bridgehead atoms. The number of hydrogen-bond acceptors (Lipinski definition) is 3. The average molecular weight is 369 g/mol. The molecule has 0 aliphatic carbocycles. The van der Waals surface area contributed by atoms with E-state index in [1.807, 2.05) is 30.3 Å². The van der Waals surface area contributed by atoms with E-state index < -0.39 is 0 Å². The molecule has 4 aromatic carbocycles. The van der Waals surface area contributed by atoms with Gasteiger partial charge in [0.1, 0.15) is 6.61 Å². The molecule has 0 spiro atoms. The fourth-order valence-electron chi connectivity index (χ4n) is 3.28. The standard InChI is InChI=1S/C25H23NO2/c1-27-25-16-19(17-26-22-11-3-2-4-12-22)14-15-24(25)28-18-21-10-7-9-20-8-5-6-13-23(20)21/h2-16,26H,17-18H2,1H3. The highest BCUT2D eigenvalue weighted by Gasteiger charge is 2.08. The minimum atomic E-state index is 0.499. The second-order valence-electron chi connectivity index (χ2n) is 6.63. The summed E-state index contributed by atoms with van der Waals surface area (Å²) in [5, 5.41) is 5.85. The molecule has 140 valence electrons. The summed E-state index contributed by atoms with van der Waals surface area (Å²) in [6, 6.07) is 30.9. The Morgan fingerprint density at radius 3 is 2.39 bits per heavy atom. The molecule has 4 rings (SSSR count). The van der Waals surface area contributed by atoms with Crippen LogP contribution in [0.15, 0.2) is 91.0 Å². The highest BCUT2D eigenvalue weighted by atomic mass is 16.5. The molecule has 0 aliphatic rings. The van der Waals surface area contributed by atoms with E-state index in [9.17, 15) is 0 Å².